The van der Waals surface area contributed by atoms with E-state index in [1.807, 2.05) is 32.5 Å². The molecule has 0 heterocycles. The van der Waals surface area contributed by atoms with Crippen LogP contribution in [0.3, 0.4) is 0 Å². The van der Waals surface area contributed by atoms with Gasteiger partial charge in [0.15, 0.2) is 0 Å². The molecule has 1 atom stereocenters. The lowest BCUT2D eigenvalue weighted by Gasteiger charge is -2.14. The molecule has 0 radical (unpaired) electrons. The molecule has 0 aliphatic heterocycles. The van der Waals surface area contributed by atoms with Crippen LogP contribution in [0.4, 0.5) is 0 Å². The van der Waals surface area contributed by atoms with Gasteiger partial charge in [-0.2, -0.15) is 17.0 Å². The molecule has 0 aliphatic rings. The number of hydrogen-bond donors (Lipinski definition) is 1. The highest BCUT2D eigenvalue weighted by molar-refractivity contribution is 7.99. The van der Waals surface area contributed by atoms with Gasteiger partial charge in [0, 0.05) is 6.04 Å². The Morgan fingerprint density at radius 1 is 1.43 bits per heavy atom. The minimum absolute atomic E-state index is 0.151. The van der Waals surface area contributed by atoms with E-state index in [4.69, 9.17) is 11.0 Å². The van der Waals surface area contributed by atoms with E-state index >= 15 is 0 Å². The molecule has 0 aromatic rings. The first kappa shape index (κ1) is 13.8. The summed E-state index contributed by atoms with van der Waals surface area (Å²) in [6.07, 6.45) is 3.21. The van der Waals surface area contributed by atoms with Crippen molar-refractivity contribution in [3.8, 4) is 6.07 Å². The average molecular weight is 214 g/mol. The Morgan fingerprint density at radius 2 is 2.07 bits per heavy atom. The van der Waals surface area contributed by atoms with Crippen molar-refractivity contribution in [1.82, 2.24) is 0 Å². The van der Waals surface area contributed by atoms with E-state index in [-0.39, 0.29) is 5.41 Å². The third kappa shape index (κ3) is 8.40. The number of nitrogens with zero attached hydrogens (tertiary/aromatic N) is 1. The third-order valence-corrected chi connectivity index (χ3v) is 3.21. The fourth-order valence-corrected chi connectivity index (χ4v) is 2.13. The van der Waals surface area contributed by atoms with E-state index in [9.17, 15) is 0 Å². The normalized spacial score (nSPS) is 13.6. The quantitative estimate of drug-likeness (QED) is 0.663. The summed E-state index contributed by atoms with van der Waals surface area (Å²) in [5, 5.41) is 8.80. The van der Waals surface area contributed by atoms with Crippen LogP contribution in [-0.2, 0) is 0 Å². The maximum atomic E-state index is 8.80. The van der Waals surface area contributed by atoms with Crippen LogP contribution in [0, 0.1) is 16.7 Å². The standard InChI is InChI=1S/C11H22N2S/c1-10(13)5-8-14-7-4-6-11(2,3)9-12/h10H,4-8,13H2,1-3H3. The number of nitriles is 1. The summed E-state index contributed by atoms with van der Waals surface area (Å²) in [5.74, 6) is 2.29. The Balaban J connectivity index is 3.27. The van der Waals surface area contributed by atoms with Crippen LogP contribution in [0.2, 0.25) is 0 Å². The summed E-state index contributed by atoms with van der Waals surface area (Å²) < 4.78 is 0. The monoisotopic (exact) mass is 214 g/mol. The van der Waals surface area contributed by atoms with Crippen molar-refractivity contribution in [3.05, 3.63) is 0 Å². The van der Waals surface area contributed by atoms with Crippen molar-refractivity contribution in [1.29, 1.82) is 5.26 Å². The highest BCUT2D eigenvalue weighted by atomic mass is 32.2. The maximum absolute atomic E-state index is 8.80. The highest BCUT2D eigenvalue weighted by Crippen LogP contribution is 2.22. The van der Waals surface area contributed by atoms with Crippen LogP contribution < -0.4 is 5.73 Å². The van der Waals surface area contributed by atoms with Crippen molar-refractivity contribution in [2.75, 3.05) is 11.5 Å². The van der Waals surface area contributed by atoms with Crippen LogP contribution in [0.5, 0.6) is 0 Å². The van der Waals surface area contributed by atoms with Crippen LogP contribution >= 0.6 is 11.8 Å². The number of rotatable bonds is 7. The molecule has 0 saturated carbocycles. The number of hydrogen-bond acceptors (Lipinski definition) is 3. The molecule has 0 rings (SSSR count). The van der Waals surface area contributed by atoms with E-state index in [0.29, 0.717) is 6.04 Å². The molecule has 0 spiro atoms. The fraction of sp³-hybridized carbons (Fsp3) is 0.909. The lowest BCUT2D eigenvalue weighted by molar-refractivity contribution is 0.448. The molecule has 0 fully saturated rings. The zero-order chi connectivity index (χ0) is 11.0. The van der Waals surface area contributed by atoms with Gasteiger partial charge in [-0.1, -0.05) is 0 Å². The fourth-order valence-electron chi connectivity index (χ4n) is 1.04. The predicted molar refractivity (Wildman–Crippen MR) is 64.2 cm³/mol. The minimum Gasteiger partial charge on any atom is -0.328 e. The van der Waals surface area contributed by atoms with Crippen molar-refractivity contribution in [2.45, 2.75) is 46.1 Å². The molecule has 2 N–H and O–H groups in total. The molecule has 0 aliphatic carbocycles. The number of thioether (sulfide) groups is 1. The van der Waals surface area contributed by atoms with Crippen LogP contribution in [-0.4, -0.2) is 17.5 Å². The van der Waals surface area contributed by atoms with Gasteiger partial charge >= 0.3 is 0 Å². The van der Waals surface area contributed by atoms with Crippen molar-refractivity contribution in [2.24, 2.45) is 11.1 Å². The van der Waals surface area contributed by atoms with Gasteiger partial charge in [0.2, 0.25) is 0 Å². The summed E-state index contributed by atoms with van der Waals surface area (Å²) in [5.41, 5.74) is 5.49. The van der Waals surface area contributed by atoms with E-state index in [1.165, 1.54) is 0 Å². The Kier molecular flexibility index (Phi) is 7.04. The summed E-state index contributed by atoms with van der Waals surface area (Å²) in [6.45, 7) is 6.04. The Bertz CT molecular complexity index is 182. The molecular weight excluding hydrogens is 192 g/mol. The van der Waals surface area contributed by atoms with Gasteiger partial charge < -0.3 is 5.73 Å². The van der Waals surface area contributed by atoms with Gasteiger partial charge in [0.05, 0.1) is 11.5 Å². The van der Waals surface area contributed by atoms with Gasteiger partial charge in [0.1, 0.15) is 0 Å². The molecule has 14 heavy (non-hydrogen) atoms. The Morgan fingerprint density at radius 3 is 2.57 bits per heavy atom. The van der Waals surface area contributed by atoms with E-state index < -0.39 is 0 Å². The maximum Gasteiger partial charge on any atom is 0.0683 e. The molecule has 82 valence electrons. The van der Waals surface area contributed by atoms with Gasteiger partial charge in [-0.3, -0.25) is 0 Å². The topological polar surface area (TPSA) is 49.8 Å². The van der Waals surface area contributed by atoms with Gasteiger partial charge in [0.25, 0.3) is 0 Å². The predicted octanol–water partition coefficient (Wildman–Crippen LogP) is 2.79. The smallest absolute Gasteiger partial charge is 0.0683 e. The first-order chi connectivity index (χ1) is 6.48. The summed E-state index contributed by atoms with van der Waals surface area (Å²) >= 11 is 1.94. The highest BCUT2D eigenvalue weighted by Gasteiger charge is 2.15. The van der Waals surface area contributed by atoms with Crippen LogP contribution in [0.1, 0.15) is 40.0 Å². The van der Waals surface area contributed by atoms with Gasteiger partial charge in [-0.15, -0.1) is 0 Å². The minimum atomic E-state index is -0.151. The van der Waals surface area contributed by atoms with Crippen molar-refractivity contribution in [3.63, 3.8) is 0 Å². The summed E-state index contributed by atoms with van der Waals surface area (Å²) in [6, 6.07) is 2.64. The average Bonchev–Trinajstić information content (AvgIpc) is 2.10. The lowest BCUT2D eigenvalue weighted by atomic mass is 9.90. The molecule has 2 nitrogen and oxygen atoms in total. The van der Waals surface area contributed by atoms with E-state index in [1.54, 1.807) is 0 Å². The van der Waals surface area contributed by atoms with E-state index in [2.05, 4.69) is 6.07 Å². The van der Waals surface area contributed by atoms with Gasteiger partial charge in [-0.25, -0.2) is 0 Å². The molecule has 0 saturated heterocycles. The molecule has 1 unspecified atom stereocenters. The van der Waals surface area contributed by atoms with Crippen LogP contribution in [0.15, 0.2) is 0 Å². The zero-order valence-electron chi connectivity index (χ0n) is 9.55. The summed E-state index contributed by atoms with van der Waals surface area (Å²) in [7, 11) is 0. The molecule has 0 amide bonds. The number of nitrogens with two attached hydrogens (primary N) is 1. The first-order valence-corrected chi connectivity index (χ1v) is 6.38. The second-order valence-corrected chi connectivity index (χ2v) is 5.70. The first-order valence-electron chi connectivity index (χ1n) is 5.22. The molecule has 0 bridgehead atoms. The zero-order valence-corrected chi connectivity index (χ0v) is 10.4. The summed E-state index contributed by atoms with van der Waals surface area (Å²) in [4.78, 5) is 0. The lowest BCUT2D eigenvalue weighted by Crippen LogP contribution is -2.15. The second kappa shape index (κ2) is 7.14. The molecule has 3 heteroatoms. The molecular formula is C11H22N2S. The van der Waals surface area contributed by atoms with Gasteiger partial charge in [-0.05, 0) is 51.5 Å². The molecule has 0 aromatic heterocycles. The Hall–Kier alpha value is -0.200. The Labute approximate surface area is 92.2 Å². The van der Waals surface area contributed by atoms with E-state index in [0.717, 1.165) is 30.8 Å². The third-order valence-electron chi connectivity index (χ3n) is 2.11. The molecule has 0 aromatic carbocycles. The van der Waals surface area contributed by atoms with Crippen LogP contribution in [0.25, 0.3) is 0 Å². The SMILES string of the molecule is CC(N)CCSCCCC(C)(C)C#N. The second-order valence-electron chi connectivity index (χ2n) is 4.48. The largest absolute Gasteiger partial charge is 0.328 e. The van der Waals surface area contributed by atoms with Crippen molar-refractivity contribution >= 4 is 11.8 Å². The van der Waals surface area contributed by atoms with Crippen molar-refractivity contribution < 1.29 is 0 Å².